The summed E-state index contributed by atoms with van der Waals surface area (Å²) >= 11 is 0. The van der Waals surface area contributed by atoms with Crippen LogP contribution < -0.4 is 14.8 Å². The van der Waals surface area contributed by atoms with Crippen molar-refractivity contribution in [1.29, 1.82) is 0 Å². The van der Waals surface area contributed by atoms with E-state index in [1.54, 1.807) is 7.11 Å². The molecule has 1 aliphatic heterocycles. The number of hydrogen-bond donors (Lipinski definition) is 1. The van der Waals surface area contributed by atoms with Crippen LogP contribution >= 0.6 is 0 Å². The molecule has 1 aliphatic rings. The Bertz CT molecular complexity index is 1300. The summed E-state index contributed by atoms with van der Waals surface area (Å²) in [6.07, 6.45) is 2.05. The molecule has 0 bridgehead atoms. The second-order valence-electron chi connectivity index (χ2n) is 8.13. The Hall–Kier alpha value is -4.19. The molecule has 0 aliphatic carbocycles. The average molecular weight is 454 g/mol. The van der Waals surface area contributed by atoms with Gasteiger partial charge in [-0.25, -0.2) is 4.79 Å². The molecule has 3 aromatic carbocycles. The van der Waals surface area contributed by atoms with Gasteiger partial charge in [0.15, 0.2) is 0 Å². The molecule has 0 saturated carbocycles. The third kappa shape index (κ3) is 4.10. The van der Waals surface area contributed by atoms with Crippen LogP contribution in [0.4, 0.5) is 10.5 Å². The van der Waals surface area contributed by atoms with Crippen molar-refractivity contribution in [3.8, 4) is 17.2 Å². The van der Waals surface area contributed by atoms with E-state index in [4.69, 9.17) is 9.47 Å². The van der Waals surface area contributed by atoms with Crippen LogP contribution in [-0.4, -0.2) is 29.2 Å². The van der Waals surface area contributed by atoms with Gasteiger partial charge in [-0.05, 0) is 60.5 Å². The van der Waals surface area contributed by atoms with Gasteiger partial charge in [-0.2, -0.15) is 0 Å². The summed E-state index contributed by atoms with van der Waals surface area (Å²) < 4.78 is 13.1. The first kappa shape index (κ1) is 21.6. The van der Waals surface area contributed by atoms with Crippen molar-refractivity contribution in [2.45, 2.75) is 19.5 Å². The van der Waals surface area contributed by atoms with E-state index >= 15 is 0 Å². The zero-order chi connectivity index (χ0) is 23.5. The fraction of sp³-hybridized carbons (Fsp3) is 0.179. The monoisotopic (exact) mass is 453 g/mol. The van der Waals surface area contributed by atoms with Gasteiger partial charge < -0.3 is 24.3 Å². The van der Waals surface area contributed by atoms with Gasteiger partial charge in [0.05, 0.1) is 32.0 Å². The molecule has 172 valence electrons. The lowest BCUT2D eigenvalue weighted by Crippen LogP contribution is -2.37. The number of carbonyl (C=O) groups is 1. The Morgan fingerprint density at radius 2 is 1.79 bits per heavy atom. The lowest BCUT2D eigenvalue weighted by molar-refractivity contribution is 0.194. The minimum atomic E-state index is -0.288. The summed E-state index contributed by atoms with van der Waals surface area (Å²) in [5, 5.41) is 3.07. The molecule has 34 heavy (non-hydrogen) atoms. The first-order chi connectivity index (χ1) is 16.7. The number of rotatable bonds is 5. The highest BCUT2D eigenvalue weighted by Gasteiger charge is 2.33. The van der Waals surface area contributed by atoms with Gasteiger partial charge in [-0.15, -0.1) is 0 Å². The Kier molecular flexibility index (Phi) is 5.95. The van der Waals surface area contributed by atoms with Gasteiger partial charge in [-0.3, -0.25) is 0 Å². The SMILES string of the molecule is CCOc1ccc([C@@H]2c3cccn3-c3ccccc3CN2C(=O)Nc2cccc(OC)c2)cc1. The first-order valence-corrected chi connectivity index (χ1v) is 11.4. The molecule has 2 amide bonds. The van der Waals surface area contributed by atoms with Crippen LogP contribution in [0.25, 0.3) is 5.69 Å². The summed E-state index contributed by atoms with van der Waals surface area (Å²) in [4.78, 5) is 15.6. The van der Waals surface area contributed by atoms with Crippen molar-refractivity contribution < 1.29 is 14.3 Å². The summed E-state index contributed by atoms with van der Waals surface area (Å²) in [6.45, 7) is 3.04. The molecule has 0 saturated heterocycles. The zero-order valence-electron chi connectivity index (χ0n) is 19.3. The summed E-state index contributed by atoms with van der Waals surface area (Å²) in [5.74, 6) is 1.50. The highest BCUT2D eigenvalue weighted by molar-refractivity contribution is 5.90. The average Bonchev–Trinajstić information content (AvgIpc) is 3.29. The Morgan fingerprint density at radius 3 is 2.59 bits per heavy atom. The Labute approximate surface area is 199 Å². The van der Waals surface area contributed by atoms with Gasteiger partial charge in [-0.1, -0.05) is 36.4 Å². The number of methoxy groups -OCH3 is 1. The molecule has 6 heteroatoms. The molecular weight excluding hydrogens is 426 g/mol. The van der Waals surface area contributed by atoms with Crippen LogP contribution in [0.2, 0.25) is 0 Å². The highest BCUT2D eigenvalue weighted by Crippen LogP contribution is 2.37. The molecule has 0 fully saturated rings. The molecule has 5 rings (SSSR count). The smallest absolute Gasteiger partial charge is 0.322 e. The van der Waals surface area contributed by atoms with Crippen LogP contribution in [0.1, 0.15) is 29.8 Å². The number of benzene rings is 3. The number of anilines is 1. The molecule has 0 unspecified atom stereocenters. The largest absolute Gasteiger partial charge is 0.497 e. The van der Waals surface area contributed by atoms with E-state index in [9.17, 15) is 4.79 Å². The third-order valence-electron chi connectivity index (χ3n) is 6.05. The molecule has 1 atom stereocenters. The third-order valence-corrected chi connectivity index (χ3v) is 6.05. The van der Waals surface area contributed by atoms with Gasteiger partial charge in [0.2, 0.25) is 0 Å². The maximum atomic E-state index is 13.8. The van der Waals surface area contributed by atoms with Crippen LogP contribution in [0.15, 0.2) is 91.1 Å². The van der Waals surface area contributed by atoms with Gasteiger partial charge in [0.25, 0.3) is 0 Å². The molecule has 1 N–H and O–H groups in total. The van der Waals surface area contributed by atoms with E-state index in [1.807, 2.05) is 78.6 Å². The van der Waals surface area contributed by atoms with Crippen molar-refractivity contribution >= 4 is 11.7 Å². The number of para-hydroxylation sites is 1. The van der Waals surface area contributed by atoms with E-state index in [0.717, 1.165) is 28.3 Å². The van der Waals surface area contributed by atoms with Crippen LogP contribution in [-0.2, 0) is 6.54 Å². The van der Waals surface area contributed by atoms with E-state index < -0.39 is 0 Å². The summed E-state index contributed by atoms with van der Waals surface area (Å²) in [7, 11) is 1.61. The zero-order valence-corrected chi connectivity index (χ0v) is 19.3. The van der Waals surface area contributed by atoms with Crippen molar-refractivity contribution in [1.82, 2.24) is 9.47 Å². The molecule has 1 aromatic heterocycles. The molecule has 0 radical (unpaired) electrons. The number of ether oxygens (including phenoxy) is 2. The van der Waals surface area contributed by atoms with E-state index in [2.05, 4.69) is 34.3 Å². The molecule has 2 heterocycles. The predicted molar refractivity (Wildman–Crippen MR) is 133 cm³/mol. The minimum Gasteiger partial charge on any atom is -0.497 e. The molecular formula is C28H27N3O3. The number of amides is 2. The maximum Gasteiger partial charge on any atom is 0.322 e. The predicted octanol–water partition coefficient (Wildman–Crippen LogP) is 6.02. The second kappa shape index (κ2) is 9.35. The summed E-state index contributed by atoms with van der Waals surface area (Å²) in [5.41, 5.74) is 4.87. The Balaban J connectivity index is 1.58. The van der Waals surface area contributed by atoms with Crippen LogP contribution in [0, 0.1) is 0 Å². The van der Waals surface area contributed by atoms with Gasteiger partial charge in [0.1, 0.15) is 11.5 Å². The summed E-state index contributed by atoms with van der Waals surface area (Å²) in [6, 6.07) is 27.2. The Morgan fingerprint density at radius 1 is 0.971 bits per heavy atom. The fourth-order valence-electron chi connectivity index (χ4n) is 4.50. The number of carbonyl (C=O) groups excluding carboxylic acids is 1. The standard InChI is InChI=1S/C28H27N3O3/c1-3-34-23-15-13-20(14-16-23)27-26-12-7-17-30(26)25-11-5-4-8-21(25)19-31(27)28(32)29-22-9-6-10-24(18-22)33-2/h4-18,27H,3,19H2,1-2H3,(H,29,32)/t27-/m1/s1. The maximum absolute atomic E-state index is 13.8. The second-order valence-corrected chi connectivity index (χ2v) is 8.13. The number of fused-ring (bicyclic) bond motifs is 3. The van der Waals surface area contributed by atoms with E-state index in [-0.39, 0.29) is 12.1 Å². The van der Waals surface area contributed by atoms with Crippen molar-refractivity contribution in [3.05, 3.63) is 108 Å². The van der Waals surface area contributed by atoms with E-state index in [1.165, 1.54) is 0 Å². The number of nitrogens with one attached hydrogen (secondary N) is 1. The molecule has 0 spiro atoms. The topological polar surface area (TPSA) is 55.7 Å². The number of nitrogens with zero attached hydrogens (tertiary/aromatic N) is 2. The van der Waals surface area contributed by atoms with Gasteiger partial charge >= 0.3 is 6.03 Å². The van der Waals surface area contributed by atoms with Crippen molar-refractivity contribution in [2.24, 2.45) is 0 Å². The lowest BCUT2D eigenvalue weighted by atomic mass is 10.0. The highest BCUT2D eigenvalue weighted by atomic mass is 16.5. The lowest BCUT2D eigenvalue weighted by Gasteiger charge is -2.31. The normalized spacial score (nSPS) is 14.5. The van der Waals surface area contributed by atoms with Crippen LogP contribution in [0.3, 0.4) is 0 Å². The van der Waals surface area contributed by atoms with Crippen LogP contribution in [0.5, 0.6) is 11.5 Å². The minimum absolute atomic E-state index is 0.184. The van der Waals surface area contributed by atoms with Crippen molar-refractivity contribution in [2.75, 3.05) is 19.0 Å². The molecule has 6 nitrogen and oxygen atoms in total. The first-order valence-electron chi connectivity index (χ1n) is 11.4. The molecule has 4 aromatic rings. The fourth-order valence-corrected chi connectivity index (χ4v) is 4.50. The number of aromatic nitrogens is 1. The van der Waals surface area contributed by atoms with Crippen molar-refractivity contribution in [3.63, 3.8) is 0 Å². The number of urea groups is 1. The van der Waals surface area contributed by atoms with Gasteiger partial charge in [0, 0.05) is 23.6 Å². The van der Waals surface area contributed by atoms with E-state index in [0.29, 0.717) is 24.6 Å². The number of hydrogen-bond acceptors (Lipinski definition) is 3. The quantitative estimate of drug-likeness (QED) is 0.402.